The Hall–Kier alpha value is -2.41. The number of alkyl halides is 1. The maximum Gasteiger partial charge on any atom is 0.243 e. The molecule has 1 aromatic rings. The number of aliphatic hydroxyl groups excluding tert-OH is 2. The number of rotatable bonds is 2. The maximum absolute atomic E-state index is 15.3. The van der Waals surface area contributed by atoms with Crippen LogP contribution in [0.1, 0.15) is 18.8 Å². The first-order valence-corrected chi connectivity index (χ1v) is 6.86. The van der Waals surface area contributed by atoms with Gasteiger partial charge in [-0.3, -0.25) is 4.57 Å². The molecule has 2 unspecified atom stereocenters. The molecule has 2 aliphatic heterocycles. The van der Waals surface area contributed by atoms with Gasteiger partial charge in [-0.1, -0.05) is 12.5 Å². The fourth-order valence-electron chi connectivity index (χ4n) is 2.70. The molecule has 23 heavy (non-hydrogen) atoms. The van der Waals surface area contributed by atoms with E-state index in [4.69, 9.17) is 10.5 Å². The van der Waals surface area contributed by atoms with Gasteiger partial charge in [-0.2, -0.15) is 4.99 Å². The summed E-state index contributed by atoms with van der Waals surface area (Å²) in [6.45, 7) is 4.66. The van der Waals surface area contributed by atoms with Crippen LogP contribution in [0.4, 0.5) is 10.2 Å². The number of aromatic nitrogens is 2. The number of imidazole rings is 1. The minimum Gasteiger partial charge on any atom is -0.394 e. The molecule has 1 saturated heterocycles. The summed E-state index contributed by atoms with van der Waals surface area (Å²) >= 11 is 0. The number of hydrogen-bond donors (Lipinski definition) is 4. The van der Waals surface area contributed by atoms with Crippen LogP contribution in [0.3, 0.4) is 0 Å². The van der Waals surface area contributed by atoms with Crippen LogP contribution in [0.2, 0.25) is 0 Å². The van der Waals surface area contributed by atoms with Crippen LogP contribution < -0.4 is 11.1 Å². The molecule has 122 valence electrons. The lowest BCUT2D eigenvalue weighted by Gasteiger charge is -2.25. The molecule has 1 fully saturated rings. The Morgan fingerprint density at radius 1 is 1.65 bits per heavy atom. The van der Waals surface area contributed by atoms with E-state index in [0.717, 1.165) is 0 Å². The minimum absolute atomic E-state index is 0.0764. The molecule has 0 amide bonds. The molecule has 0 saturated carbocycles. The molecule has 3 heterocycles. The lowest BCUT2D eigenvalue weighted by atomic mass is 9.96. The molecule has 4 atom stereocenters. The van der Waals surface area contributed by atoms with E-state index >= 15 is 4.39 Å². The van der Waals surface area contributed by atoms with Gasteiger partial charge in [-0.25, -0.2) is 9.37 Å². The van der Waals surface area contributed by atoms with Crippen molar-refractivity contribution in [3.8, 4) is 11.8 Å². The lowest BCUT2D eigenvalue weighted by molar-refractivity contribution is -0.0513. The molecule has 0 bridgehead atoms. The molecule has 8 nitrogen and oxygen atoms in total. The summed E-state index contributed by atoms with van der Waals surface area (Å²) in [5, 5.41) is 22.1. The largest absolute Gasteiger partial charge is 0.394 e. The van der Waals surface area contributed by atoms with E-state index < -0.39 is 30.7 Å². The summed E-state index contributed by atoms with van der Waals surface area (Å²) in [6, 6.07) is 0. The second kappa shape index (κ2) is 5.34. The van der Waals surface area contributed by atoms with Crippen LogP contribution in [0.5, 0.6) is 0 Å². The van der Waals surface area contributed by atoms with Gasteiger partial charge in [-0.15, -0.1) is 5.92 Å². The Bertz CT molecular complexity index is 749. The minimum atomic E-state index is -2.42. The average molecular weight is 321 g/mol. The number of nitrogens with one attached hydrogen (secondary N) is 1. The number of ether oxygens (including phenoxy) is 1. The highest BCUT2D eigenvalue weighted by Gasteiger charge is 2.58. The summed E-state index contributed by atoms with van der Waals surface area (Å²) in [6.07, 6.45) is -2.76. The molecule has 3 rings (SSSR count). The summed E-state index contributed by atoms with van der Waals surface area (Å²) in [5.74, 6) is 5.09. The number of aliphatic imine (C=N–C) groups is 1. The van der Waals surface area contributed by atoms with Gasteiger partial charge < -0.3 is 26.0 Å². The molecule has 2 aliphatic rings. The molecule has 0 aromatic carbocycles. The number of aliphatic hydroxyl groups is 2. The standard InChI is InChI=1S/C14H16FN5O3/c1-3-4-14(15)10(22)8(5-21)23-12(14)20-6-17-9-7(2)18-13(16)19-11(9)20/h6,8,10,12,21-22H,2,5H2,1H3,(H3,16,18,19)/t8?,10?,12-,14-/m1/s1. The predicted octanol–water partition coefficient (Wildman–Crippen LogP) is -0.615. The van der Waals surface area contributed by atoms with Crippen molar-refractivity contribution >= 4 is 17.5 Å². The first kappa shape index (κ1) is 15.5. The van der Waals surface area contributed by atoms with Crippen LogP contribution >= 0.6 is 0 Å². The van der Waals surface area contributed by atoms with Crippen molar-refractivity contribution in [3.05, 3.63) is 18.6 Å². The van der Waals surface area contributed by atoms with E-state index in [1.54, 1.807) is 0 Å². The van der Waals surface area contributed by atoms with Crippen LogP contribution in [0.25, 0.3) is 5.70 Å². The molecule has 5 N–H and O–H groups in total. The molecular formula is C14H16FN5O3. The van der Waals surface area contributed by atoms with Crippen LogP contribution in [0.15, 0.2) is 17.9 Å². The lowest BCUT2D eigenvalue weighted by Crippen LogP contribution is -2.42. The van der Waals surface area contributed by atoms with Crippen molar-refractivity contribution < 1.29 is 19.3 Å². The molecule has 0 radical (unpaired) electrons. The smallest absolute Gasteiger partial charge is 0.243 e. The average Bonchev–Trinajstić information content (AvgIpc) is 3.01. The van der Waals surface area contributed by atoms with Crippen molar-refractivity contribution in [2.75, 3.05) is 6.61 Å². The van der Waals surface area contributed by atoms with Crippen LogP contribution in [0, 0.1) is 11.8 Å². The van der Waals surface area contributed by atoms with E-state index in [2.05, 4.69) is 33.7 Å². The molecule has 9 heteroatoms. The number of guanidine groups is 1. The number of nitrogens with zero attached hydrogens (tertiary/aromatic N) is 3. The van der Waals surface area contributed by atoms with Crippen molar-refractivity contribution in [2.45, 2.75) is 31.0 Å². The summed E-state index contributed by atoms with van der Waals surface area (Å²) in [5.41, 5.74) is 4.03. The van der Waals surface area contributed by atoms with E-state index in [9.17, 15) is 10.2 Å². The third kappa shape index (κ3) is 2.19. The normalized spacial score (nSPS) is 32.6. The number of nitrogens with two attached hydrogens (primary N) is 1. The highest BCUT2D eigenvalue weighted by molar-refractivity contribution is 5.93. The molecule has 0 aliphatic carbocycles. The van der Waals surface area contributed by atoms with Gasteiger partial charge in [0.1, 0.15) is 17.9 Å². The molecular weight excluding hydrogens is 305 g/mol. The van der Waals surface area contributed by atoms with E-state index in [0.29, 0.717) is 11.4 Å². The Morgan fingerprint density at radius 2 is 2.39 bits per heavy atom. The van der Waals surface area contributed by atoms with E-state index in [1.807, 2.05) is 0 Å². The second-order valence-electron chi connectivity index (χ2n) is 5.22. The van der Waals surface area contributed by atoms with Gasteiger partial charge in [0.25, 0.3) is 0 Å². The first-order valence-electron chi connectivity index (χ1n) is 6.86. The van der Waals surface area contributed by atoms with Crippen molar-refractivity contribution in [3.63, 3.8) is 0 Å². The van der Waals surface area contributed by atoms with Gasteiger partial charge in [0, 0.05) is 0 Å². The zero-order chi connectivity index (χ0) is 16.8. The monoisotopic (exact) mass is 321 g/mol. The Morgan fingerprint density at radius 3 is 3.04 bits per heavy atom. The predicted molar refractivity (Wildman–Crippen MR) is 80.0 cm³/mol. The van der Waals surface area contributed by atoms with Gasteiger partial charge in [0.2, 0.25) is 5.67 Å². The Labute approximate surface area is 131 Å². The van der Waals surface area contributed by atoms with Crippen LogP contribution in [-0.4, -0.2) is 50.2 Å². The second-order valence-corrected chi connectivity index (χ2v) is 5.22. The first-order chi connectivity index (χ1) is 10.9. The SMILES string of the molecule is C=C1NC(N)=Nc2c1ncn2[C@@H]1OC(CO)C(O)[C@]1(F)C#CC. The van der Waals surface area contributed by atoms with Crippen molar-refractivity contribution in [2.24, 2.45) is 10.7 Å². The highest BCUT2D eigenvalue weighted by atomic mass is 19.1. The topological polar surface area (TPSA) is 118 Å². The number of hydrogen-bond acceptors (Lipinski definition) is 7. The highest BCUT2D eigenvalue weighted by Crippen LogP contribution is 2.44. The number of halogens is 1. The fraction of sp³-hybridized carbons (Fsp3) is 0.429. The number of fused-ring (bicyclic) bond motifs is 1. The third-order valence-corrected chi connectivity index (χ3v) is 3.75. The van der Waals surface area contributed by atoms with Gasteiger partial charge >= 0.3 is 0 Å². The van der Waals surface area contributed by atoms with E-state index in [-0.39, 0.29) is 11.8 Å². The summed E-state index contributed by atoms with van der Waals surface area (Å²) in [4.78, 5) is 8.20. The van der Waals surface area contributed by atoms with Crippen molar-refractivity contribution in [1.29, 1.82) is 0 Å². The fourth-order valence-corrected chi connectivity index (χ4v) is 2.70. The van der Waals surface area contributed by atoms with Gasteiger partial charge in [-0.05, 0) is 6.92 Å². The molecule has 1 aromatic heterocycles. The Balaban J connectivity index is 2.11. The van der Waals surface area contributed by atoms with Crippen LogP contribution in [-0.2, 0) is 4.74 Å². The zero-order valence-electron chi connectivity index (χ0n) is 12.3. The Kier molecular flexibility index (Phi) is 3.60. The summed E-state index contributed by atoms with van der Waals surface area (Å²) in [7, 11) is 0. The molecule has 0 spiro atoms. The quantitative estimate of drug-likeness (QED) is 0.540. The van der Waals surface area contributed by atoms with Gasteiger partial charge in [0.05, 0.1) is 18.6 Å². The van der Waals surface area contributed by atoms with E-state index in [1.165, 1.54) is 17.8 Å². The zero-order valence-corrected chi connectivity index (χ0v) is 12.3. The third-order valence-electron chi connectivity index (χ3n) is 3.75. The maximum atomic E-state index is 15.3. The summed E-state index contributed by atoms with van der Waals surface area (Å²) < 4.78 is 22.1. The van der Waals surface area contributed by atoms with Gasteiger partial charge in [0.15, 0.2) is 18.0 Å². The van der Waals surface area contributed by atoms with Crippen molar-refractivity contribution in [1.82, 2.24) is 14.9 Å².